The Balaban J connectivity index is 2.04. The van der Waals surface area contributed by atoms with Crippen LogP contribution in [-0.4, -0.2) is 17.5 Å². The van der Waals surface area contributed by atoms with Crippen molar-refractivity contribution >= 4 is 22.4 Å². The van der Waals surface area contributed by atoms with Crippen LogP contribution >= 0.6 is 11.5 Å². The zero-order valence-corrected chi connectivity index (χ0v) is 10.3. The Morgan fingerprint density at radius 3 is 3.00 bits per heavy atom. The van der Waals surface area contributed by atoms with Crippen LogP contribution in [0.4, 0.5) is 10.8 Å². The molecule has 1 aliphatic rings. The van der Waals surface area contributed by atoms with E-state index >= 15 is 0 Å². The molecule has 0 radical (unpaired) electrons. The molecule has 3 nitrogen and oxygen atoms in total. The molecule has 1 aromatic rings. The fourth-order valence-corrected chi connectivity index (χ4v) is 3.14. The molecule has 2 N–H and O–H groups in total. The zero-order chi connectivity index (χ0) is 10.8. The van der Waals surface area contributed by atoms with Crippen molar-refractivity contribution in [3.8, 4) is 0 Å². The molecule has 1 unspecified atom stereocenters. The maximum Gasteiger partial charge on any atom is 0.142 e. The fraction of sp³-hybridized carbons (Fsp3) is 0.727. The summed E-state index contributed by atoms with van der Waals surface area (Å²) in [5.41, 5.74) is 6.94. The van der Waals surface area contributed by atoms with E-state index in [1.807, 2.05) is 0 Å². The highest BCUT2D eigenvalue weighted by molar-refractivity contribution is 7.10. The number of aromatic nitrogens is 1. The highest BCUT2D eigenvalue weighted by Crippen LogP contribution is 2.34. The third-order valence-electron chi connectivity index (χ3n) is 3.21. The number of hydrogen-bond donors (Lipinski definition) is 1. The summed E-state index contributed by atoms with van der Waals surface area (Å²) < 4.78 is 4.21. The van der Waals surface area contributed by atoms with Gasteiger partial charge in [0.15, 0.2) is 0 Å². The minimum Gasteiger partial charge on any atom is -0.383 e. The average Bonchev–Trinajstić information content (AvgIpc) is 2.77. The molecule has 1 fully saturated rings. The van der Waals surface area contributed by atoms with E-state index in [0.717, 1.165) is 11.5 Å². The van der Waals surface area contributed by atoms with E-state index in [1.54, 1.807) is 11.5 Å². The van der Waals surface area contributed by atoms with Crippen LogP contribution < -0.4 is 10.6 Å². The summed E-state index contributed by atoms with van der Waals surface area (Å²) in [6.45, 7) is 6.70. The summed E-state index contributed by atoms with van der Waals surface area (Å²) in [5, 5.41) is 1.28. The Labute approximate surface area is 95.4 Å². The molecule has 0 bridgehead atoms. The molecule has 0 aromatic carbocycles. The molecular weight excluding hydrogens is 206 g/mol. The molecule has 1 atom stereocenters. The Morgan fingerprint density at radius 2 is 2.40 bits per heavy atom. The van der Waals surface area contributed by atoms with Gasteiger partial charge in [0.1, 0.15) is 10.8 Å². The van der Waals surface area contributed by atoms with Crippen LogP contribution in [0.2, 0.25) is 0 Å². The summed E-state index contributed by atoms with van der Waals surface area (Å²) in [6, 6.07) is 0. The standard InChI is InChI=1S/C11H19N3S/c1-3-4-9-5-6-14(7-9)11-8(2)10(12)13-15-11/h9H,3-7H2,1-2H3,(H2,12,13). The molecule has 0 amide bonds. The largest absolute Gasteiger partial charge is 0.383 e. The van der Waals surface area contributed by atoms with E-state index < -0.39 is 0 Å². The molecule has 0 spiro atoms. The fourth-order valence-electron chi connectivity index (χ4n) is 2.29. The molecule has 2 heterocycles. The molecular formula is C11H19N3S. The van der Waals surface area contributed by atoms with Gasteiger partial charge in [0.25, 0.3) is 0 Å². The van der Waals surface area contributed by atoms with Crippen LogP contribution in [0.5, 0.6) is 0 Å². The molecule has 1 saturated heterocycles. The Kier molecular flexibility index (Phi) is 3.14. The number of nitrogens with two attached hydrogens (primary N) is 1. The number of nitrogens with zero attached hydrogens (tertiary/aromatic N) is 2. The van der Waals surface area contributed by atoms with Gasteiger partial charge in [-0.05, 0) is 37.2 Å². The van der Waals surface area contributed by atoms with Gasteiger partial charge in [-0.1, -0.05) is 13.3 Å². The molecule has 0 aliphatic carbocycles. The third kappa shape index (κ3) is 2.09. The van der Waals surface area contributed by atoms with Crippen molar-refractivity contribution in [1.29, 1.82) is 0 Å². The normalized spacial score (nSPS) is 21.2. The van der Waals surface area contributed by atoms with E-state index in [4.69, 9.17) is 5.73 Å². The molecule has 0 saturated carbocycles. The lowest BCUT2D eigenvalue weighted by Crippen LogP contribution is -2.19. The van der Waals surface area contributed by atoms with Gasteiger partial charge in [-0.25, -0.2) is 0 Å². The van der Waals surface area contributed by atoms with Crippen LogP contribution in [-0.2, 0) is 0 Å². The predicted octanol–water partition coefficient (Wildman–Crippen LogP) is 2.66. The van der Waals surface area contributed by atoms with Gasteiger partial charge in [0.2, 0.25) is 0 Å². The first-order valence-corrected chi connectivity index (χ1v) is 6.46. The Hall–Kier alpha value is -0.770. The maximum atomic E-state index is 5.77. The van der Waals surface area contributed by atoms with Crippen molar-refractivity contribution in [2.24, 2.45) is 5.92 Å². The summed E-state index contributed by atoms with van der Waals surface area (Å²) in [6.07, 6.45) is 3.97. The number of nitrogen functional groups attached to an aromatic ring is 1. The topological polar surface area (TPSA) is 42.2 Å². The highest BCUT2D eigenvalue weighted by Gasteiger charge is 2.24. The van der Waals surface area contributed by atoms with Crippen LogP contribution in [0.15, 0.2) is 0 Å². The molecule has 2 rings (SSSR count). The van der Waals surface area contributed by atoms with Crippen LogP contribution in [0.25, 0.3) is 0 Å². The van der Waals surface area contributed by atoms with Crippen molar-refractivity contribution < 1.29 is 0 Å². The van der Waals surface area contributed by atoms with Gasteiger partial charge in [0, 0.05) is 18.7 Å². The van der Waals surface area contributed by atoms with Gasteiger partial charge in [-0.3, -0.25) is 0 Å². The van der Waals surface area contributed by atoms with Crippen molar-refractivity contribution in [3.05, 3.63) is 5.56 Å². The van der Waals surface area contributed by atoms with Gasteiger partial charge in [-0.2, -0.15) is 4.37 Å². The lowest BCUT2D eigenvalue weighted by Gasteiger charge is -2.16. The quantitative estimate of drug-likeness (QED) is 0.860. The molecule has 84 valence electrons. The van der Waals surface area contributed by atoms with E-state index in [2.05, 4.69) is 23.1 Å². The molecule has 4 heteroatoms. The van der Waals surface area contributed by atoms with Crippen LogP contribution in [0.3, 0.4) is 0 Å². The predicted molar refractivity (Wildman–Crippen MR) is 66.5 cm³/mol. The van der Waals surface area contributed by atoms with Gasteiger partial charge < -0.3 is 10.6 Å². The highest BCUT2D eigenvalue weighted by atomic mass is 32.1. The molecule has 15 heavy (non-hydrogen) atoms. The van der Waals surface area contributed by atoms with E-state index in [0.29, 0.717) is 5.82 Å². The lowest BCUT2D eigenvalue weighted by molar-refractivity contribution is 0.530. The number of anilines is 2. The smallest absolute Gasteiger partial charge is 0.142 e. The second kappa shape index (κ2) is 4.39. The van der Waals surface area contributed by atoms with Gasteiger partial charge >= 0.3 is 0 Å². The third-order valence-corrected chi connectivity index (χ3v) is 4.23. The van der Waals surface area contributed by atoms with Crippen molar-refractivity contribution in [1.82, 2.24) is 4.37 Å². The number of rotatable bonds is 3. The van der Waals surface area contributed by atoms with E-state index in [1.165, 1.54) is 37.4 Å². The maximum absolute atomic E-state index is 5.77. The minimum atomic E-state index is 0.703. The van der Waals surface area contributed by atoms with Crippen molar-refractivity contribution in [2.75, 3.05) is 23.7 Å². The van der Waals surface area contributed by atoms with Gasteiger partial charge in [0.05, 0.1) is 0 Å². The van der Waals surface area contributed by atoms with Crippen molar-refractivity contribution in [2.45, 2.75) is 33.1 Å². The second-order valence-corrected chi connectivity index (χ2v) is 5.14. The first kappa shape index (κ1) is 10.7. The summed E-state index contributed by atoms with van der Waals surface area (Å²) >= 11 is 1.54. The second-order valence-electron chi connectivity index (χ2n) is 4.39. The van der Waals surface area contributed by atoms with Crippen LogP contribution in [0.1, 0.15) is 31.7 Å². The average molecular weight is 225 g/mol. The van der Waals surface area contributed by atoms with Crippen LogP contribution in [0, 0.1) is 12.8 Å². The van der Waals surface area contributed by atoms with Crippen molar-refractivity contribution in [3.63, 3.8) is 0 Å². The van der Waals surface area contributed by atoms with E-state index in [-0.39, 0.29) is 0 Å². The zero-order valence-electron chi connectivity index (χ0n) is 9.49. The SMILES string of the molecule is CCCC1CCN(c2snc(N)c2C)C1. The van der Waals surface area contributed by atoms with E-state index in [9.17, 15) is 0 Å². The van der Waals surface area contributed by atoms with Gasteiger partial charge in [-0.15, -0.1) is 0 Å². The Morgan fingerprint density at radius 1 is 1.60 bits per heavy atom. The first-order chi connectivity index (χ1) is 7.22. The summed E-state index contributed by atoms with van der Waals surface area (Å²) in [5.74, 6) is 1.58. The number of hydrogen-bond acceptors (Lipinski definition) is 4. The Bertz CT molecular complexity index is 335. The first-order valence-electron chi connectivity index (χ1n) is 5.69. The molecule has 1 aliphatic heterocycles. The lowest BCUT2D eigenvalue weighted by atomic mass is 10.0. The summed E-state index contributed by atoms with van der Waals surface area (Å²) in [4.78, 5) is 2.45. The minimum absolute atomic E-state index is 0.703. The summed E-state index contributed by atoms with van der Waals surface area (Å²) in [7, 11) is 0. The molecule has 1 aromatic heterocycles. The monoisotopic (exact) mass is 225 g/mol.